The summed E-state index contributed by atoms with van der Waals surface area (Å²) in [5.41, 5.74) is -0.480. The molecule has 2 N–H and O–H groups in total. The number of carbonyl (C=O) groups is 2. The van der Waals surface area contributed by atoms with Gasteiger partial charge in [-0.3, -0.25) is 9.59 Å². The number of rotatable bonds is 8. The Balaban J connectivity index is 1.75. The summed E-state index contributed by atoms with van der Waals surface area (Å²) < 4.78 is 38.9. The van der Waals surface area contributed by atoms with Gasteiger partial charge in [-0.25, -0.2) is 8.78 Å². The van der Waals surface area contributed by atoms with Gasteiger partial charge in [0.25, 0.3) is 5.91 Å². The normalized spacial score (nSPS) is 24.1. The van der Waals surface area contributed by atoms with E-state index < -0.39 is 29.1 Å². The van der Waals surface area contributed by atoms with Crippen molar-refractivity contribution in [3.8, 4) is 5.75 Å². The molecule has 6 nitrogen and oxygen atoms in total. The molecule has 160 valence electrons. The van der Waals surface area contributed by atoms with Crippen LogP contribution in [0.5, 0.6) is 5.75 Å². The molecule has 0 bridgehead atoms. The highest BCUT2D eigenvalue weighted by Gasteiger charge is 2.37. The third-order valence-corrected chi connectivity index (χ3v) is 5.44. The first-order valence-corrected chi connectivity index (χ1v) is 10.2. The third kappa shape index (κ3) is 5.23. The van der Waals surface area contributed by atoms with Crippen LogP contribution in [0.15, 0.2) is 12.1 Å². The van der Waals surface area contributed by atoms with E-state index in [2.05, 4.69) is 10.6 Å². The number of carbonyl (C=O) groups excluding carboxylic acids is 2. The van der Waals surface area contributed by atoms with Gasteiger partial charge in [0.1, 0.15) is 11.3 Å². The molecule has 8 heteroatoms. The Morgan fingerprint density at radius 3 is 2.55 bits per heavy atom. The second-order valence-corrected chi connectivity index (χ2v) is 7.72. The van der Waals surface area contributed by atoms with Crippen LogP contribution in [0.3, 0.4) is 0 Å². The van der Waals surface area contributed by atoms with Gasteiger partial charge in [-0.15, -0.1) is 0 Å². The van der Waals surface area contributed by atoms with E-state index in [1.54, 1.807) is 0 Å². The summed E-state index contributed by atoms with van der Waals surface area (Å²) in [7, 11) is 1.29. The number of amides is 2. The van der Waals surface area contributed by atoms with E-state index in [9.17, 15) is 18.4 Å². The van der Waals surface area contributed by atoms with E-state index in [0.717, 1.165) is 25.3 Å². The van der Waals surface area contributed by atoms with Crippen LogP contribution in [-0.2, 0) is 9.53 Å². The van der Waals surface area contributed by atoms with Crippen molar-refractivity contribution in [3.63, 3.8) is 0 Å². The molecule has 3 atom stereocenters. The highest BCUT2D eigenvalue weighted by Crippen LogP contribution is 2.30. The Hall–Kier alpha value is -2.22. The van der Waals surface area contributed by atoms with Crippen molar-refractivity contribution >= 4 is 11.8 Å². The van der Waals surface area contributed by atoms with E-state index in [4.69, 9.17) is 9.47 Å². The van der Waals surface area contributed by atoms with Gasteiger partial charge < -0.3 is 20.1 Å². The van der Waals surface area contributed by atoms with Gasteiger partial charge in [-0.1, -0.05) is 6.92 Å². The Kier molecular flexibility index (Phi) is 7.05. The molecule has 2 aliphatic carbocycles. The predicted octanol–water partition coefficient (Wildman–Crippen LogP) is 2.95. The van der Waals surface area contributed by atoms with Crippen molar-refractivity contribution in [1.29, 1.82) is 0 Å². The molecule has 0 heterocycles. The number of hydrogen-bond acceptors (Lipinski definition) is 4. The zero-order chi connectivity index (χ0) is 21.0. The topological polar surface area (TPSA) is 76.7 Å². The summed E-state index contributed by atoms with van der Waals surface area (Å²) in [5, 5.41) is 5.76. The molecule has 29 heavy (non-hydrogen) atoms. The van der Waals surface area contributed by atoms with Crippen LogP contribution in [0, 0.1) is 17.6 Å². The Labute approximate surface area is 169 Å². The van der Waals surface area contributed by atoms with Crippen LogP contribution >= 0.6 is 0 Å². The quantitative estimate of drug-likeness (QED) is 0.691. The molecule has 3 rings (SSSR count). The zero-order valence-electron chi connectivity index (χ0n) is 16.8. The van der Waals surface area contributed by atoms with E-state index in [0.29, 0.717) is 25.9 Å². The lowest BCUT2D eigenvalue weighted by Gasteiger charge is -2.36. The van der Waals surface area contributed by atoms with Crippen LogP contribution in [0.4, 0.5) is 8.78 Å². The fraction of sp³-hybridized carbons (Fsp3) is 0.619. The maximum absolute atomic E-state index is 14.3. The first-order chi connectivity index (χ1) is 13.9. The molecule has 1 aromatic rings. The average Bonchev–Trinajstić information content (AvgIpc) is 3.52. The summed E-state index contributed by atoms with van der Waals surface area (Å²) in [6, 6.07) is 1.91. The highest BCUT2D eigenvalue weighted by atomic mass is 19.2. The van der Waals surface area contributed by atoms with E-state index in [1.165, 1.54) is 13.2 Å². The number of hydrogen-bond donors (Lipinski definition) is 2. The van der Waals surface area contributed by atoms with E-state index in [-0.39, 0.29) is 29.7 Å². The van der Waals surface area contributed by atoms with Crippen LogP contribution < -0.4 is 15.4 Å². The Morgan fingerprint density at radius 2 is 1.90 bits per heavy atom. The van der Waals surface area contributed by atoms with Crippen molar-refractivity contribution in [2.45, 2.75) is 63.6 Å². The minimum absolute atomic E-state index is 0.0183. The molecular weight excluding hydrogens is 382 g/mol. The number of nitrogens with one attached hydrogen (secondary N) is 2. The minimum atomic E-state index is -1.26. The molecule has 0 spiro atoms. The summed E-state index contributed by atoms with van der Waals surface area (Å²) in [6.45, 7) is 2.50. The first kappa shape index (κ1) is 21.5. The number of ether oxygens (including phenoxy) is 2. The zero-order valence-corrected chi connectivity index (χ0v) is 16.8. The molecule has 2 amide bonds. The Morgan fingerprint density at radius 1 is 1.14 bits per heavy atom. The average molecular weight is 410 g/mol. The first-order valence-electron chi connectivity index (χ1n) is 10.2. The summed E-state index contributed by atoms with van der Waals surface area (Å²) in [5.74, 6) is -3.48. The van der Waals surface area contributed by atoms with Crippen molar-refractivity contribution in [3.05, 3.63) is 29.3 Å². The molecule has 2 saturated carbocycles. The molecule has 0 unspecified atom stereocenters. The highest BCUT2D eigenvalue weighted by molar-refractivity contribution is 5.97. The summed E-state index contributed by atoms with van der Waals surface area (Å²) in [6.07, 6.45) is 4.19. The predicted molar refractivity (Wildman–Crippen MR) is 103 cm³/mol. The van der Waals surface area contributed by atoms with Crippen LogP contribution in [-0.4, -0.2) is 43.7 Å². The molecule has 0 aliphatic heterocycles. The maximum Gasteiger partial charge on any atom is 0.258 e. The Bertz CT molecular complexity index is 754. The van der Waals surface area contributed by atoms with Gasteiger partial charge in [-0.05, 0) is 50.7 Å². The molecule has 2 fully saturated rings. The molecule has 0 aromatic heterocycles. The lowest BCUT2D eigenvalue weighted by molar-refractivity contribution is -0.127. The van der Waals surface area contributed by atoms with Crippen LogP contribution in [0.1, 0.15) is 55.8 Å². The minimum Gasteiger partial charge on any atom is -0.496 e. The number of halogens is 2. The smallest absolute Gasteiger partial charge is 0.258 e. The van der Waals surface area contributed by atoms with Crippen molar-refractivity contribution in [2.24, 2.45) is 5.92 Å². The molecule has 1 aromatic carbocycles. The van der Waals surface area contributed by atoms with Gasteiger partial charge in [-0.2, -0.15) is 0 Å². The van der Waals surface area contributed by atoms with Crippen molar-refractivity contribution < 1.29 is 27.8 Å². The summed E-state index contributed by atoms with van der Waals surface area (Å²) in [4.78, 5) is 25.3. The van der Waals surface area contributed by atoms with E-state index in [1.807, 2.05) is 6.92 Å². The van der Waals surface area contributed by atoms with Gasteiger partial charge in [0.05, 0.1) is 19.3 Å². The number of benzene rings is 1. The second-order valence-electron chi connectivity index (χ2n) is 7.72. The maximum atomic E-state index is 14.3. The number of methoxy groups -OCH3 is 1. The van der Waals surface area contributed by atoms with Gasteiger partial charge in [0.2, 0.25) is 5.91 Å². The lowest BCUT2D eigenvalue weighted by atomic mass is 9.82. The van der Waals surface area contributed by atoms with Crippen LogP contribution in [0.2, 0.25) is 0 Å². The van der Waals surface area contributed by atoms with E-state index >= 15 is 0 Å². The SMILES string of the molecule is CCCO[C@@H]1CC[C@H](C(=O)NC2CC2)C[C@H]1NC(=O)c1c(OC)ccc(F)c1F. The van der Waals surface area contributed by atoms with Gasteiger partial charge >= 0.3 is 0 Å². The fourth-order valence-corrected chi connectivity index (χ4v) is 3.70. The standard InChI is InChI=1S/C21H28F2N2O4/c1-3-10-29-16-8-4-12(20(26)24-13-5-6-13)11-15(16)25-21(27)18-17(28-2)9-7-14(22)19(18)23/h7,9,12-13,15-16H,3-6,8,10-11H2,1-2H3,(H,24,26)(H,25,27)/t12-,15+,16+/m0/s1. The monoisotopic (exact) mass is 410 g/mol. The van der Waals surface area contributed by atoms with Gasteiger partial charge in [0, 0.05) is 18.6 Å². The van der Waals surface area contributed by atoms with Crippen LogP contribution in [0.25, 0.3) is 0 Å². The summed E-state index contributed by atoms with van der Waals surface area (Å²) >= 11 is 0. The molecule has 2 aliphatic rings. The molecule has 0 saturated heterocycles. The fourth-order valence-electron chi connectivity index (χ4n) is 3.70. The second kappa shape index (κ2) is 9.52. The van der Waals surface area contributed by atoms with Crippen molar-refractivity contribution in [1.82, 2.24) is 10.6 Å². The largest absolute Gasteiger partial charge is 0.496 e. The molecular formula is C21H28F2N2O4. The third-order valence-electron chi connectivity index (χ3n) is 5.44. The van der Waals surface area contributed by atoms with Crippen molar-refractivity contribution in [2.75, 3.05) is 13.7 Å². The molecule has 0 radical (unpaired) electrons. The lowest BCUT2D eigenvalue weighted by Crippen LogP contribution is -2.51. The van der Waals surface area contributed by atoms with Gasteiger partial charge in [0.15, 0.2) is 11.6 Å².